The molecule has 0 N–H and O–H groups in total. The number of rotatable bonds is 4. The number of amides is 3. The molecule has 4 aliphatic heterocycles. The molecule has 0 spiro atoms. The quantitative estimate of drug-likeness (QED) is 0.430. The Hall–Kier alpha value is -2.91. The summed E-state index contributed by atoms with van der Waals surface area (Å²) in [5.41, 5.74) is 1.12. The van der Waals surface area contributed by atoms with Crippen molar-refractivity contribution >= 4 is 18.2 Å². The van der Waals surface area contributed by atoms with Crippen LogP contribution in [0.3, 0.4) is 0 Å². The van der Waals surface area contributed by atoms with Gasteiger partial charge in [0.1, 0.15) is 12.4 Å². The monoisotopic (exact) mass is 537 g/mol. The van der Waals surface area contributed by atoms with Crippen LogP contribution in [0.1, 0.15) is 31.2 Å². The maximum Gasteiger partial charge on any atom is 0.236 e. The number of likely N-dealkylation sites (tertiary alicyclic amines) is 1. The van der Waals surface area contributed by atoms with Crippen LogP contribution in [0, 0.1) is 11.8 Å². The van der Waals surface area contributed by atoms with Gasteiger partial charge < -0.3 is 24.3 Å². The standard InChI is InChI=1S/C30H43N5O4/c1-31-11-9-27(10-12-31)35-21-26-5-2-3-7-28(26)39-18-4-6-25-20-34(30(38)22-35)13-8-24(25)19-29(37)33-16-14-32(23-36)15-17-33/h2-7,23-25,27H,8-22H2,1H3/t24-,25-/m0/s1. The molecule has 0 unspecified atom stereocenters. The summed E-state index contributed by atoms with van der Waals surface area (Å²) in [6.07, 6.45) is 8.49. The summed E-state index contributed by atoms with van der Waals surface area (Å²) in [4.78, 5) is 48.3. The lowest BCUT2D eigenvalue weighted by Gasteiger charge is -2.41. The molecule has 9 nitrogen and oxygen atoms in total. The fraction of sp³-hybridized carbons (Fsp3) is 0.633. The predicted octanol–water partition coefficient (Wildman–Crippen LogP) is 1.69. The van der Waals surface area contributed by atoms with Gasteiger partial charge in [-0.25, -0.2) is 0 Å². The number of carbonyl (C=O) groups is 3. The van der Waals surface area contributed by atoms with Crippen molar-refractivity contribution in [2.24, 2.45) is 11.8 Å². The lowest BCUT2D eigenvalue weighted by molar-refractivity contribution is -0.138. The summed E-state index contributed by atoms with van der Waals surface area (Å²) in [5.74, 6) is 1.50. The molecule has 4 heterocycles. The zero-order chi connectivity index (χ0) is 27.2. The first kappa shape index (κ1) is 27.6. The molecule has 1 aromatic carbocycles. The van der Waals surface area contributed by atoms with Crippen molar-refractivity contribution in [1.29, 1.82) is 0 Å². The molecule has 3 amide bonds. The molecule has 0 aliphatic carbocycles. The van der Waals surface area contributed by atoms with Crippen molar-refractivity contribution in [2.45, 2.75) is 38.3 Å². The van der Waals surface area contributed by atoms with E-state index in [1.54, 1.807) is 4.90 Å². The number of benzene rings is 1. The van der Waals surface area contributed by atoms with E-state index >= 15 is 0 Å². The minimum Gasteiger partial charge on any atom is -0.489 e. The highest BCUT2D eigenvalue weighted by Crippen LogP contribution is 2.30. The second-order valence-electron chi connectivity index (χ2n) is 11.6. The number of para-hydroxylation sites is 1. The van der Waals surface area contributed by atoms with Crippen LogP contribution in [0.5, 0.6) is 5.75 Å². The predicted molar refractivity (Wildman–Crippen MR) is 149 cm³/mol. The molecule has 3 fully saturated rings. The Morgan fingerprint density at radius 2 is 1.77 bits per heavy atom. The van der Waals surface area contributed by atoms with E-state index in [1.807, 2.05) is 28.0 Å². The third kappa shape index (κ3) is 7.00. The lowest BCUT2D eigenvalue weighted by atomic mass is 9.82. The topological polar surface area (TPSA) is 76.6 Å². The maximum absolute atomic E-state index is 13.7. The molecular formula is C30H43N5O4. The third-order valence-electron chi connectivity index (χ3n) is 9.02. The van der Waals surface area contributed by atoms with E-state index in [0.717, 1.165) is 50.1 Å². The molecule has 4 aliphatic rings. The zero-order valence-electron chi connectivity index (χ0n) is 23.2. The van der Waals surface area contributed by atoms with Crippen molar-refractivity contribution in [3.63, 3.8) is 0 Å². The van der Waals surface area contributed by atoms with Crippen LogP contribution >= 0.6 is 0 Å². The summed E-state index contributed by atoms with van der Waals surface area (Å²) in [6.45, 7) is 7.36. The number of ether oxygens (including phenoxy) is 1. The molecule has 3 saturated heterocycles. The number of carbonyl (C=O) groups excluding carboxylic acids is 3. The fourth-order valence-corrected chi connectivity index (χ4v) is 6.47. The van der Waals surface area contributed by atoms with E-state index in [1.165, 1.54) is 0 Å². The van der Waals surface area contributed by atoms with E-state index in [2.05, 4.69) is 35.1 Å². The van der Waals surface area contributed by atoms with E-state index in [4.69, 9.17) is 4.74 Å². The van der Waals surface area contributed by atoms with Crippen LogP contribution in [-0.4, -0.2) is 121 Å². The Labute approximate surface area is 232 Å². The average Bonchev–Trinajstić information content (AvgIpc) is 2.97. The van der Waals surface area contributed by atoms with Crippen molar-refractivity contribution in [1.82, 2.24) is 24.5 Å². The summed E-state index contributed by atoms with van der Waals surface area (Å²) >= 11 is 0. The fourth-order valence-electron chi connectivity index (χ4n) is 6.47. The van der Waals surface area contributed by atoms with Crippen molar-refractivity contribution < 1.29 is 19.1 Å². The maximum atomic E-state index is 13.7. The average molecular weight is 538 g/mol. The van der Waals surface area contributed by atoms with Gasteiger partial charge in [-0.3, -0.25) is 19.3 Å². The summed E-state index contributed by atoms with van der Waals surface area (Å²) in [7, 11) is 2.16. The largest absolute Gasteiger partial charge is 0.489 e. The molecule has 2 atom stereocenters. The van der Waals surface area contributed by atoms with Gasteiger partial charge in [-0.1, -0.05) is 30.4 Å². The van der Waals surface area contributed by atoms with Gasteiger partial charge in [-0.15, -0.1) is 0 Å². The summed E-state index contributed by atoms with van der Waals surface area (Å²) < 4.78 is 6.22. The van der Waals surface area contributed by atoms with Gasteiger partial charge in [0.2, 0.25) is 18.2 Å². The van der Waals surface area contributed by atoms with Crippen LogP contribution in [0.2, 0.25) is 0 Å². The van der Waals surface area contributed by atoms with Crippen LogP contribution in [0.25, 0.3) is 0 Å². The van der Waals surface area contributed by atoms with Gasteiger partial charge in [0.25, 0.3) is 0 Å². The molecule has 9 heteroatoms. The number of piperidine rings is 2. The number of hydrogen-bond acceptors (Lipinski definition) is 6. The summed E-state index contributed by atoms with van der Waals surface area (Å²) in [6, 6.07) is 8.54. The van der Waals surface area contributed by atoms with Gasteiger partial charge in [-0.2, -0.15) is 0 Å². The van der Waals surface area contributed by atoms with Crippen molar-refractivity contribution in [3.05, 3.63) is 42.0 Å². The first-order chi connectivity index (χ1) is 19.0. The van der Waals surface area contributed by atoms with Gasteiger partial charge in [-0.05, 0) is 57.3 Å². The molecule has 5 rings (SSSR count). The number of nitrogens with zero attached hydrogens (tertiary/aromatic N) is 5. The number of piperazine rings is 1. The SMILES string of the molecule is CN1CCC(N2CC(=O)N3CC[C@@H](CC(=O)N4CCN(C=O)CC4)[C@@H](C=CCOc4ccccc4C2)C3)CC1. The van der Waals surface area contributed by atoms with Crippen LogP contribution < -0.4 is 4.74 Å². The second-order valence-corrected chi connectivity index (χ2v) is 11.6. The van der Waals surface area contributed by atoms with Gasteiger partial charge in [0.15, 0.2) is 0 Å². The number of fused-ring (bicyclic) bond motifs is 3. The molecular weight excluding hydrogens is 494 g/mol. The Balaban J connectivity index is 1.31. The van der Waals surface area contributed by atoms with E-state index in [-0.39, 0.29) is 23.7 Å². The highest BCUT2D eigenvalue weighted by molar-refractivity contribution is 5.79. The molecule has 0 radical (unpaired) electrons. The second kappa shape index (κ2) is 13.0. The molecule has 2 bridgehead atoms. The first-order valence-corrected chi connectivity index (χ1v) is 14.5. The molecule has 1 aromatic rings. The molecule has 39 heavy (non-hydrogen) atoms. The minimum atomic E-state index is 0.110. The Morgan fingerprint density at radius 1 is 1.00 bits per heavy atom. The Bertz CT molecular complexity index is 1030. The van der Waals surface area contributed by atoms with Crippen molar-refractivity contribution in [3.8, 4) is 5.75 Å². The lowest BCUT2D eigenvalue weighted by Crippen LogP contribution is -2.51. The van der Waals surface area contributed by atoms with Gasteiger partial charge in [0.05, 0.1) is 6.54 Å². The van der Waals surface area contributed by atoms with Gasteiger partial charge >= 0.3 is 0 Å². The summed E-state index contributed by atoms with van der Waals surface area (Å²) in [5, 5.41) is 0. The smallest absolute Gasteiger partial charge is 0.236 e. The van der Waals surface area contributed by atoms with Crippen LogP contribution in [0.15, 0.2) is 36.4 Å². The molecule has 0 aromatic heterocycles. The highest BCUT2D eigenvalue weighted by atomic mass is 16.5. The third-order valence-corrected chi connectivity index (χ3v) is 9.02. The Morgan fingerprint density at radius 3 is 2.54 bits per heavy atom. The van der Waals surface area contributed by atoms with Gasteiger partial charge in [0, 0.05) is 63.8 Å². The normalized spacial score (nSPS) is 26.2. The highest BCUT2D eigenvalue weighted by Gasteiger charge is 2.34. The molecule has 0 saturated carbocycles. The van der Waals surface area contributed by atoms with E-state index < -0.39 is 0 Å². The zero-order valence-corrected chi connectivity index (χ0v) is 23.2. The molecule has 212 valence electrons. The van der Waals surface area contributed by atoms with E-state index in [9.17, 15) is 14.4 Å². The first-order valence-electron chi connectivity index (χ1n) is 14.5. The number of hydrogen-bond donors (Lipinski definition) is 0. The Kier molecular flexibility index (Phi) is 9.19. The van der Waals surface area contributed by atoms with Crippen LogP contribution in [-0.2, 0) is 20.9 Å². The van der Waals surface area contributed by atoms with Crippen LogP contribution in [0.4, 0.5) is 0 Å². The minimum absolute atomic E-state index is 0.110. The van der Waals surface area contributed by atoms with E-state index in [0.29, 0.717) is 71.4 Å². The van der Waals surface area contributed by atoms with Crippen molar-refractivity contribution in [2.75, 3.05) is 72.6 Å².